The Labute approximate surface area is 225 Å². The number of fused-ring (bicyclic) bond motifs is 2. The van der Waals surface area contributed by atoms with E-state index in [2.05, 4.69) is 15.4 Å². The molecule has 0 radical (unpaired) electrons. The Bertz CT molecular complexity index is 1520. The summed E-state index contributed by atoms with van der Waals surface area (Å²) >= 11 is 0. The normalized spacial score (nSPS) is 23.3. The van der Waals surface area contributed by atoms with E-state index >= 15 is 0 Å². The van der Waals surface area contributed by atoms with Gasteiger partial charge in [-0.05, 0) is 57.1 Å². The number of ether oxygens (including phenoxy) is 1. The van der Waals surface area contributed by atoms with Gasteiger partial charge in [0.2, 0.25) is 5.91 Å². The molecule has 2 aliphatic rings. The van der Waals surface area contributed by atoms with E-state index in [4.69, 9.17) is 9.84 Å². The van der Waals surface area contributed by atoms with Gasteiger partial charge in [0, 0.05) is 49.1 Å². The first-order valence-corrected chi connectivity index (χ1v) is 13.5. The number of carbonyl (C=O) groups is 2. The molecule has 1 aromatic carbocycles. The van der Waals surface area contributed by atoms with Gasteiger partial charge in [0.1, 0.15) is 11.4 Å². The molecule has 2 amide bonds. The molecular weight excluding hydrogens is 498 g/mol. The highest BCUT2D eigenvalue weighted by Crippen LogP contribution is 2.35. The summed E-state index contributed by atoms with van der Waals surface area (Å²) in [6, 6.07) is 5.80. The van der Waals surface area contributed by atoms with Gasteiger partial charge in [0.25, 0.3) is 5.91 Å². The van der Waals surface area contributed by atoms with Crippen LogP contribution in [-0.4, -0.2) is 72.5 Å². The Morgan fingerprint density at radius 2 is 1.97 bits per heavy atom. The second-order valence-corrected chi connectivity index (χ2v) is 10.7. The number of aliphatic hydroxyl groups excluding tert-OH is 1. The lowest BCUT2D eigenvalue weighted by Gasteiger charge is -2.36. The predicted octanol–water partition coefficient (Wildman–Crippen LogP) is 3.44. The molecule has 3 heterocycles. The minimum absolute atomic E-state index is 0.0513. The van der Waals surface area contributed by atoms with Gasteiger partial charge in [-0.25, -0.2) is 9.50 Å². The number of carbonyl (C=O) groups excluding carboxylic acids is 2. The molecular formula is C28H33N7O4. The van der Waals surface area contributed by atoms with Crippen molar-refractivity contribution < 1.29 is 19.4 Å². The van der Waals surface area contributed by atoms with Gasteiger partial charge in [-0.1, -0.05) is 0 Å². The number of anilines is 1. The first-order valence-electron chi connectivity index (χ1n) is 13.5. The summed E-state index contributed by atoms with van der Waals surface area (Å²) in [4.78, 5) is 32.3. The largest absolute Gasteiger partial charge is 0.496 e. The highest BCUT2D eigenvalue weighted by molar-refractivity contribution is 6.09. The Balaban J connectivity index is 1.15. The van der Waals surface area contributed by atoms with Crippen molar-refractivity contribution in [2.24, 2.45) is 5.92 Å². The monoisotopic (exact) mass is 531 g/mol. The summed E-state index contributed by atoms with van der Waals surface area (Å²) < 4.78 is 9.14. The summed E-state index contributed by atoms with van der Waals surface area (Å²) in [5.74, 6) is 0.239. The fourth-order valence-corrected chi connectivity index (χ4v) is 6.07. The molecule has 2 fully saturated rings. The van der Waals surface area contributed by atoms with Crippen molar-refractivity contribution in [3.8, 4) is 5.75 Å². The molecule has 4 aromatic rings. The number of aromatic nitrogens is 5. The Morgan fingerprint density at radius 1 is 1.15 bits per heavy atom. The third-order valence-corrected chi connectivity index (χ3v) is 8.31. The third-order valence-electron chi connectivity index (χ3n) is 8.31. The van der Waals surface area contributed by atoms with Crippen LogP contribution < -0.4 is 10.1 Å². The highest BCUT2D eigenvalue weighted by atomic mass is 16.5. The predicted molar refractivity (Wildman–Crippen MR) is 145 cm³/mol. The van der Waals surface area contributed by atoms with Gasteiger partial charge in [0.15, 0.2) is 5.65 Å². The molecule has 39 heavy (non-hydrogen) atoms. The molecule has 3 aromatic heterocycles. The van der Waals surface area contributed by atoms with Crippen LogP contribution in [0.25, 0.3) is 16.6 Å². The molecule has 11 nitrogen and oxygen atoms in total. The van der Waals surface area contributed by atoms with Crippen molar-refractivity contribution >= 4 is 34.1 Å². The molecule has 2 atom stereocenters. The SMILES string of the molecule is COc1cc2nn(C3CCC(N(C)C(=O)[C@@H]4CC[C@H](O)C4)CC3)cc2cc1C(=O)Nc1cnn2cccnc12. The minimum Gasteiger partial charge on any atom is -0.496 e. The van der Waals surface area contributed by atoms with Gasteiger partial charge in [0.05, 0.1) is 36.5 Å². The lowest BCUT2D eigenvalue weighted by molar-refractivity contribution is -0.137. The van der Waals surface area contributed by atoms with Crippen LogP contribution in [0.5, 0.6) is 5.75 Å². The number of aliphatic hydroxyl groups is 1. The molecule has 11 heteroatoms. The number of nitrogens with zero attached hydrogens (tertiary/aromatic N) is 6. The molecule has 0 saturated heterocycles. The summed E-state index contributed by atoms with van der Waals surface area (Å²) in [5.41, 5.74) is 2.24. The van der Waals surface area contributed by atoms with Gasteiger partial charge < -0.3 is 20.1 Å². The van der Waals surface area contributed by atoms with E-state index in [0.717, 1.165) is 49.4 Å². The Kier molecular flexibility index (Phi) is 6.68. The number of methoxy groups -OCH3 is 1. The zero-order valence-corrected chi connectivity index (χ0v) is 22.2. The summed E-state index contributed by atoms with van der Waals surface area (Å²) in [6.07, 6.45) is 12.3. The smallest absolute Gasteiger partial charge is 0.259 e. The fraction of sp³-hybridized carbons (Fsp3) is 0.464. The van der Waals surface area contributed by atoms with Crippen LogP contribution in [0.15, 0.2) is 43.0 Å². The zero-order chi connectivity index (χ0) is 27.1. The molecule has 0 spiro atoms. The van der Waals surface area contributed by atoms with Crippen LogP contribution in [0.1, 0.15) is 61.3 Å². The van der Waals surface area contributed by atoms with Crippen LogP contribution in [0, 0.1) is 5.92 Å². The lowest BCUT2D eigenvalue weighted by Crippen LogP contribution is -2.42. The van der Waals surface area contributed by atoms with Crippen molar-refractivity contribution in [1.82, 2.24) is 29.3 Å². The number of hydrogen-bond donors (Lipinski definition) is 2. The van der Waals surface area contributed by atoms with E-state index in [1.54, 1.807) is 41.3 Å². The van der Waals surface area contributed by atoms with Crippen molar-refractivity contribution in [3.63, 3.8) is 0 Å². The fourth-order valence-electron chi connectivity index (χ4n) is 6.07. The average Bonchev–Trinajstić information content (AvgIpc) is 3.70. The van der Waals surface area contributed by atoms with E-state index < -0.39 is 0 Å². The summed E-state index contributed by atoms with van der Waals surface area (Å²) in [7, 11) is 3.44. The topological polar surface area (TPSA) is 127 Å². The standard InChI is InChI=1S/C28H33N7O4/c1-33(28(38)17-4-9-21(36)12-17)19-5-7-20(8-6-19)35-16-18-13-22(25(39-2)14-23(18)32-35)27(37)31-24-15-30-34-11-3-10-29-26(24)34/h3,10-11,13-17,19-21,36H,4-9,12H2,1-2H3,(H,31,37)/t17-,19?,20?,21+/m1/s1. The van der Waals surface area contributed by atoms with E-state index in [-0.39, 0.29) is 35.9 Å². The maximum absolute atomic E-state index is 13.2. The molecule has 0 aliphatic heterocycles. The van der Waals surface area contributed by atoms with Crippen molar-refractivity contribution in [3.05, 3.63) is 48.5 Å². The Hall–Kier alpha value is -3.99. The van der Waals surface area contributed by atoms with Crippen LogP contribution in [-0.2, 0) is 4.79 Å². The molecule has 0 bridgehead atoms. The highest BCUT2D eigenvalue weighted by Gasteiger charge is 2.34. The summed E-state index contributed by atoms with van der Waals surface area (Å²) in [6.45, 7) is 0. The Morgan fingerprint density at radius 3 is 2.72 bits per heavy atom. The van der Waals surface area contributed by atoms with Gasteiger partial charge in [-0.3, -0.25) is 14.3 Å². The molecule has 204 valence electrons. The number of amides is 2. The first-order chi connectivity index (χ1) is 18.9. The third kappa shape index (κ3) is 4.82. The van der Waals surface area contributed by atoms with Crippen LogP contribution >= 0.6 is 0 Å². The number of benzene rings is 1. The van der Waals surface area contributed by atoms with Crippen molar-refractivity contribution in [2.45, 2.75) is 63.1 Å². The first kappa shape index (κ1) is 25.3. The van der Waals surface area contributed by atoms with Crippen LogP contribution in [0.2, 0.25) is 0 Å². The second-order valence-electron chi connectivity index (χ2n) is 10.7. The minimum atomic E-state index is -0.342. The molecule has 0 unspecified atom stereocenters. The number of rotatable bonds is 6. The van der Waals surface area contributed by atoms with Crippen molar-refractivity contribution in [1.29, 1.82) is 0 Å². The van der Waals surface area contributed by atoms with Crippen molar-refractivity contribution in [2.75, 3.05) is 19.5 Å². The second kappa shape index (κ2) is 10.3. The number of hydrogen-bond acceptors (Lipinski definition) is 7. The maximum Gasteiger partial charge on any atom is 0.259 e. The van der Waals surface area contributed by atoms with E-state index in [9.17, 15) is 14.7 Å². The van der Waals surface area contributed by atoms with Crippen LogP contribution in [0.3, 0.4) is 0 Å². The van der Waals surface area contributed by atoms with Gasteiger partial charge >= 0.3 is 0 Å². The molecule has 2 N–H and O–H groups in total. The van der Waals surface area contributed by atoms with E-state index in [0.29, 0.717) is 29.1 Å². The van der Waals surface area contributed by atoms with E-state index in [1.807, 2.05) is 22.8 Å². The molecule has 6 rings (SSSR count). The van der Waals surface area contributed by atoms with Crippen LogP contribution in [0.4, 0.5) is 5.69 Å². The average molecular weight is 532 g/mol. The zero-order valence-electron chi connectivity index (χ0n) is 22.2. The van der Waals surface area contributed by atoms with Gasteiger partial charge in [-0.15, -0.1) is 0 Å². The maximum atomic E-state index is 13.2. The van der Waals surface area contributed by atoms with Gasteiger partial charge in [-0.2, -0.15) is 10.2 Å². The lowest BCUT2D eigenvalue weighted by atomic mass is 9.89. The molecule has 2 saturated carbocycles. The summed E-state index contributed by atoms with van der Waals surface area (Å²) in [5, 5.41) is 22.6. The number of nitrogens with one attached hydrogen (secondary N) is 1. The molecule has 2 aliphatic carbocycles. The quantitative estimate of drug-likeness (QED) is 0.390. The van der Waals surface area contributed by atoms with E-state index in [1.165, 1.54) is 7.11 Å².